The zero-order valence-electron chi connectivity index (χ0n) is 14.1. The van der Waals surface area contributed by atoms with Crippen LogP contribution in [0.15, 0.2) is 18.5 Å². The fourth-order valence-corrected chi connectivity index (χ4v) is 3.97. The van der Waals surface area contributed by atoms with Gasteiger partial charge in [-0.05, 0) is 38.7 Å². The SMILES string of the molecule is CC(=O)c1cn(CC(=O)N2[C@@H]3C[C@@H]3C[C@H]2C(=O)O)c2cnc(C)cc12. The molecule has 7 nitrogen and oxygen atoms in total. The lowest BCUT2D eigenvalue weighted by atomic mass is 10.1. The smallest absolute Gasteiger partial charge is 0.326 e. The Kier molecular flexibility index (Phi) is 3.42. The first-order valence-electron chi connectivity index (χ1n) is 8.37. The van der Waals surface area contributed by atoms with Crippen molar-refractivity contribution in [2.75, 3.05) is 0 Å². The number of Topliss-reactive ketones (excluding diaryl/α,β-unsaturated/α-hetero) is 1. The molecule has 1 saturated carbocycles. The minimum atomic E-state index is -0.945. The van der Waals surface area contributed by atoms with Crippen molar-refractivity contribution < 1.29 is 19.5 Å². The van der Waals surface area contributed by atoms with Crippen LogP contribution >= 0.6 is 0 Å². The summed E-state index contributed by atoms with van der Waals surface area (Å²) in [6.45, 7) is 3.36. The van der Waals surface area contributed by atoms with Gasteiger partial charge in [0.25, 0.3) is 0 Å². The molecule has 25 heavy (non-hydrogen) atoms. The molecule has 2 aliphatic rings. The van der Waals surface area contributed by atoms with Crippen molar-refractivity contribution in [3.05, 3.63) is 29.7 Å². The minimum Gasteiger partial charge on any atom is -0.480 e. The molecule has 3 atom stereocenters. The number of piperidine rings is 1. The molecule has 4 rings (SSSR count). The fourth-order valence-electron chi connectivity index (χ4n) is 3.97. The molecule has 0 radical (unpaired) electrons. The van der Waals surface area contributed by atoms with E-state index < -0.39 is 12.0 Å². The zero-order chi connectivity index (χ0) is 17.9. The molecule has 1 N–H and O–H groups in total. The summed E-state index contributed by atoms with van der Waals surface area (Å²) < 4.78 is 1.70. The number of pyridine rings is 1. The topological polar surface area (TPSA) is 92.5 Å². The molecule has 1 amide bonds. The van der Waals surface area contributed by atoms with Crippen LogP contribution in [0.3, 0.4) is 0 Å². The Bertz CT molecular complexity index is 916. The molecule has 0 unspecified atom stereocenters. The van der Waals surface area contributed by atoms with Gasteiger partial charge in [-0.15, -0.1) is 0 Å². The Hall–Kier alpha value is -2.70. The summed E-state index contributed by atoms with van der Waals surface area (Å²) in [6, 6.07) is 1.16. The van der Waals surface area contributed by atoms with Crippen molar-refractivity contribution in [2.24, 2.45) is 5.92 Å². The Balaban J connectivity index is 1.68. The van der Waals surface area contributed by atoms with Crippen LogP contribution in [0.25, 0.3) is 10.9 Å². The molecule has 3 heterocycles. The molecule has 1 saturated heterocycles. The van der Waals surface area contributed by atoms with Gasteiger partial charge in [0.2, 0.25) is 5.91 Å². The first-order chi connectivity index (χ1) is 11.9. The van der Waals surface area contributed by atoms with Gasteiger partial charge in [0.15, 0.2) is 5.78 Å². The zero-order valence-corrected chi connectivity index (χ0v) is 14.1. The van der Waals surface area contributed by atoms with E-state index in [2.05, 4.69) is 4.98 Å². The maximum atomic E-state index is 12.8. The molecule has 2 fully saturated rings. The lowest BCUT2D eigenvalue weighted by Gasteiger charge is -2.24. The number of ketones is 1. The molecule has 130 valence electrons. The number of aliphatic carboxylic acids is 1. The standard InChI is InChI=1S/C18H19N3O4/c1-9-3-12-13(10(2)22)7-20(16(12)6-19-9)8-17(23)21-14-4-11(14)5-15(21)18(24)25/h3,6-7,11,14-15H,4-5,8H2,1-2H3,(H,24,25)/t11-,14-,15+/m1/s1. The van der Waals surface area contributed by atoms with Crippen molar-refractivity contribution >= 4 is 28.6 Å². The second-order valence-corrected chi connectivity index (χ2v) is 7.02. The average molecular weight is 341 g/mol. The molecule has 1 aliphatic heterocycles. The van der Waals surface area contributed by atoms with Crippen LogP contribution < -0.4 is 0 Å². The van der Waals surface area contributed by atoms with E-state index in [1.54, 1.807) is 17.0 Å². The molecule has 0 aromatic carbocycles. The van der Waals surface area contributed by atoms with E-state index in [4.69, 9.17) is 0 Å². The lowest BCUT2D eigenvalue weighted by molar-refractivity contribution is -0.149. The van der Waals surface area contributed by atoms with Crippen LogP contribution in [0.1, 0.15) is 35.8 Å². The Morgan fingerprint density at radius 2 is 2.08 bits per heavy atom. The van der Waals surface area contributed by atoms with Gasteiger partial charge in [-0.1, -0.05) is 0 Å². The average Bonchev–Trinajstić information content (AvgIpc) is 3.05. The van der Waals surface area contributed by atoms with E-state index in [0.29, 0.717) is 23.4 Å². The van der Waals surface area contributed by atoms with Gasteiger partial charge in [0, 0.05) is 28.9 Å². The first kappa shape index (κ1) is 15.8. The number of aromatic nitrogens is 2. The van der Waals surface area contributed by atoms with Gasteiger partial charge >= 0.3 is 5.97 Å². The van der Waals surface area contributed by atoms with Crippen molar-refractivity contribution in [1.82, 2.24) is 14.5 Å². The van der Waals surface area contributed by atoms with Gasteiger partial charge in [-0.25, -0.2) is 4.79 Å². The summed E-state index contributed by atoms with van der Waals surface area (Å²) in [5.41, 5.74) is 2.06. The summed E-state index contributed by atoms with van der Waals surface area (Å²) in [7, 11) is 0. The molecule has 7 heteroatoms. The number of carbonyl (C=O) groups is 3. The van der Waals surface area contributed by atoms with Crippen molar-refractivity contribution in [3.8, 4) is 0 Å². The highest BCUT2D eigenvalue weighted by atomic mass is 16.4. The maximum Gasteiger partial charge on any atom is 0.326 e. The highest BCUT2D eigenvalue weighted by Crippen LogP contribution is 2.48. The van der Waals surface area contributed by atoms with E-state index in [0.717, 1.165) is 17.5 Å². The Morgan fingerprint density at radius 3 is 2.76 bits per heavy atom. The van der Waals surface area contributed by atoms with Crippen LogP contribution in [-0.4, -0.2) is 49.3 Å². The quantitative estimate of drug-likeness (QED) is 0.853. The van der Waals surface area contributed by atoms with E-state index in [1.165, 1.54) is 11.8 Å². The van der Waals surface area contributed by atoms with Crippen LogP contribution in [0.4, 0.5) is 0 Å². The van der Waals surface area contributed by atoms with Crippen molar-refractivity contribution in [3.63, 3.8) is 0 Å². The van der Waals surface area contributed by atoms with Gasteiger partial charge in [-0.3, -0.25) is 14.6 Å². The molecular formula is C18H19N3O4. The molecule has 2 aromatic rings. The highest BCUT2D eigenvalue weighted by molar-refractivity contribution is 6.07. The predicted octanol–water partition coefficient (Wildman–Crippen LogP) is 1.62. The van der Waals surface area contributed by atoms with Gasteiger partial charge < -0.3 is 14.6 Å². The number of hydrogen-bond donors (Lipinski definition) is 1. The van der Waals surface area contributed by atoms with Crippen LogP contribution in [0, 0.1) is 12.8 Å². The number of carbonyl (C=O) groups excluding carboxylic acids is 2. The number of likely N-dealkylation sites (tertiary alicyclic amines) is 1. The summed E-state index contributed by atoms with van der Waals surface area (Å²) in [5.74, 6) is -0.915. The van der Waals surface area contributed by atoms with E-state index >= 15 is 0 Å². The highest BCUT2D eigenvalue weighted by Gasteiger charge is 2.56. The summed E-state index contributed by atoms with van der Waals surface area (Å²) in [4.78, 5) is 41.9. The Labute approximate surface area is 144 Å². The van der Waals surface area contributed by atoms with Gasteiger partial charge in [-0.2, -0.15) is 0 Å². The number of hydrogen-bond acceptors (Lipinski definition) is 4. The number of carboxylic acid groups (broad SMARTS) is 1. The van der Waals surface area contributed by atoms with E-state index in [-0.39, 0.29) is 24.3 Å². The molecule has 0 bridgehead atoms. The van der Waals surface area contributed by atoms with E-state index in [1.807, 2.05) is 13.0 Å². The van der Waals surface area contributed by atoms with Crippen LogP contribution in [0.5, 0.6) is 0 Å². The third kappa shape index (κ3) is 2.50. The van der Waals surface area contributed by atoms with Crippen LogP contribution in [-0.2, 0) is 16.1 Å². The number of carboxylic acids is 1. The van der Waals surface area contributed by atoms with Gasteiger partial charge in [0.05, 0.1) is 11.7 Å². The molecule has 2 aromatic heterocycles. The molecule has 1 aliphatic carbocycles. The monoisotopic (exact) mass is 341 g/mol. The number of nitrogens with zero attached hydrogens (tertiary/aromatic N) is 3. The summed E-state index contributed by atoms with van der Waals surface area (Å²) in [6.07, 6.45) is 4.75. The minimum absolute atomic E-state index is 0.0154. The van der Waals surface area contributed by atoms with Crippen molar-refractivity contribution in [1.29, 1.82) is 0 Å². The largest absolute Gasteiger partial charge is 0.480 e. The summed E-state index contributed by atoms with van der Waals surface area (Å²) in [5, 5.41) is 10.1. The number of rotatable bonds is 4. The predicted molar refractivity (Wildman–Crippen MR) is 89.3 cm³/mol. The number of aryl methyl sites for hydroxylation is 1. The van der Waals surface area contributed by atoms with Gasteiger partial charge in [0.1, 0.15) is 12.6 Å². The molecule has 0 spiro atoms. The Morgan fingerprint density at radius 1 is 1.32 bits per heavy atom. The second-order valence-electron chi connectivity index (χ2n) is 7.02. The second kappa shape index (κ2) is 5.40. The van der Waals surface area contributed by atoms with Crippen molar-refractivity contribution in [2.45, 2.75) is 45.3 Å². The third-order valence-electron chi connectivity index (χ3n) is 5.27. The van der Waals surface area contributed by atoms with Crippen LogP contribution in [0.2, 0.25) is 0 Å². The first-order valence-corrected chi connectivity index (χ1v) is 8.37. The lowest BCUT2D eigenvalue weighted by Crippen LogP contribution is -2.44. The maximum absolute atomic E-state index is 12.8. The van der Waals surface area contributed by atoms with E-state index in [9.17, 15) is 19.5 Å². The normalized spacial score (nSPS) is 24.4. The number of amides is 1. The fraction of sp³-hybridized carbons (Fsp3) is 0.444. The molecular weight excluding hydrogens is 322 g/mol. The number of fused-ring (bicyclic) bond motifs is 2. The summed E-state index contributed by atoms with van der Waals surface area (Å²) >= 11 is 0. The third-order valence-corrected chi connectivity index (χ3v) is 5.27.